The summed E-state index contributed by atoms with van der Waals surface area (Å²) in [5, 5.41) is 6.65. The maximum absolute atomic E-state index is 13.7. The third-order valence-corrected chi connectivity index (χ3v) is 6.00. The molecule has 0 spiro atoms. The molecule has 0 heterocycles. The number of hydrogen-bond donors (Lipinski definition) is 4. The van der Waals surface area contributed by atoms with Crippen LogP contribution in [0.2, 0.25) is 0 Å². The quantitative estimate of drug-likeness (QED) is 0.276. The zero-order valence-electron chi connectivity index (χ0n) is 18.5. The molecule has 1 aliphatic rings. The molecule has 168 valence electrons. The van der Waals surface area contributed by atoms with Crippen LogP contribution in [0.1, 0.15) is 43.0 Å². The Morgan fingerprint density at radius 3 is 1.35 bits per heavy atom. The molecule has 0 amide bonds. The van der Waals surface area contributed by atoms with Crippen LogP contribution in [0, 0.1) is 0 Å². The zero-order valence-corrected chi connectivity index (χ0v) is 18.5. The van der Waals surface area contributed by atoms with Crippen molar-refractivity contribution in [1.82, 2.24) is 0 Å². The minimum Gasteiger partial charge on any atom is -0.399 e. The van der Waals surface area contributed by atoms with Crippen LogP contribution in [-0.4, -0.2) is 11.6 Å². The molecule has 0 bridgehead atoms. The first kappa shape index (κ1) is 21.3. The van der Waals surface area contributed by atoms with Gasteiger partial charge in [0.15, 0.2) is 11.6 Å². The van der Waals surface area contributed by atoms with E-state index >= 15 is 0 Å². The van der Waals surface area contributed by atoms with Crippen LogP contribution in [0.15, 0.2) is 84.9 Å². The van der Waals surface area contributed by atoms with Gasteiger partial charge in [-0.05, 0) is 47.5 Å². The highest BCUT2D eigenvalue weighted by molar-refractivity contribution is 6.31. The van der Waals surface area contributed by atoms with Crippen molar-refractivity contribution in [3.63, 3.8) is 0 Å². The third kappa shape index (κ3) is 3.97. The summed E-state index contributed by atoms with van der Waals surface area (Å²) in [6, 6.07) is 25.7. The van der Waals surface area contributed by atoms with Gasteiger partial charge in [-0.3, -0.25) is 9.59 Å². The van der Waals surface area contributed by atoms with Crippen molar-refractivity contribution >= 4 is 34.3 Å². The summed E-state index contributed by atoms with van der Waals surface area (Å²) in [7, 11) is 0. The van der Waals surface area contributed by atoms with Gasteiger partial charge in [0.25, 0.3) is 0 Å². The molecule has 6 heteroatoms. The second-order valence-electron chi connectivity index (χ2n) is 8.30. The molecule has 0 atom stereocenters. The molecule has 0 saturated carbocycles. The molecular weight excluding hydrogens is 424 g/mol. The largest absolute Gasteiger partial charge is 0.399 e. The van der Waals surface area contributed by atoms with Gasteiger partial charge in [0.2, 0.25) is 0 Å². The fourth-order valence-electron chi connectivity index (χ4n) is 4.20. The van der Waals surface area contributed by atoms with E-state index < -0.39 is 0 Å². The lowest BCUT2D eigenvalue weighted by atomic mass is 9.82. The molecule has 4 aromatic carbocycles. The van der Waals surface area contributed by atoms with Crippen molar-refractivity contribution in [2.75, 3.05) is 22.1 Å². The normalized spacial score (nSPS) is 12.1. The van der Waals surface area contributed by atoms with E-state index in [9.17, 15) is 9.59 Å². The van der Waals surface area contributed by atoms with E-state index in [-0.39, 0.29) is 11.6 Å². The lowest BCUT2D eigenvalue weighted by Gasteiger charge is -2.23. The summed E-state index contributed by atoms with van der Waals surface area (Å²) in [5.41, 5.74) is 17.9. The number of hydrogen-bond acceptors (Lipinski definition) is 6. The van der Waals surface area contributed by atoms with E-state index in [0.29, 0.717) is 58.1 Å². The standard InChI is InChI=1S/C28H24N4O2/c29-19-11-7-17(8-12-19)15-31-23-5-1-3-21-25(23)28(34)26-22(27(21)33)4-2-6-24(26)32-16-18-9-13-20(30)14-10-18/h1-14,31-32H,15-16,29-30H2. The molecule has 34 heavy (non-hydrogen) atoms. The van der Waals surface area contributed by atoms with E-state index in [2.05, 4.69) is 10.6 Å². The lowest BCUT2D eigenvalue weighted by molar-refractivity contribution is 0.0980. The summed E-state index contributed by atoms with van der Waals surface area (Å²) < 4.78 is 0. The van der Waals surface area contributed by atoms with Gasteiger partial charge in [0.1, 0.15) is 0 Å². The molecule has 6 nitrogen and oxygen atoms in total. The average Bonchev–Trinajstić information content (AvgIpc) is 2.86. The SMILES string of the molecule is Nc1ccc(CNc2cccc3c2C(=O)c2c(NCc4ccc(N)cc4)cccc2C3=O)cc1. The summed E-state index contributed by atoms with van der Waals surface area (Å²) in [6.07, 6.45) is 0. The van der Waals surface area contributed by atoms with Gasteiger partial charge in [-0.15, -0.1) is 0 Å². The highest BCUT2D eigenvalue weighted by Gasteiger charge is 2.33. The van der Waals surface area contributed by atoms with Gasteiger partial charge < -0.3 is 22.1 Å². The lowest BCUT2D eigenvalue weighted by Crippen LogP contribution is -2.24. The maximum Gasteiger partial charge on any atom is 0.198 e. The fraction of sp³-hybridized carbons (Fsp3) is 0.0714. The monoisotopic (exact) mass is 448 g/mol. The van der Waals surface area contributed by atoms with Gasteiger partial charge in [-0.1, -0.05) is 48.5 Å². The van der Waals surface area contributed by atoms with E-state index in [0.717, 1.165) is 11.1 Å². The van der Waals surface area contributed by atoms with Crippen LogP contribution < -0.4 is 22.1 Å². The Kier molecular flexibility index (Phi) is 5.47. The van der Waals surface area contributed by atoms with Crippen molar-refractivity contribution in [1.29, 1.82) is 0 Å². The topological polar surface area (TPSA) is 110 Å². The Hall–Kier alpha value is -4.58. The number of nitrogens with two attached hydrogens (primary N) is 2. The van der Waals surface area contributed by atoms with Crippen molar-refractivity contribution in [2.24, 2.45) is 0 Å². The van der Waals surface area contributed by atoms with E-state index in [1.165, 1.54) is 0 Å². The van der Waals surface area contributed by atoms with Crippen molar-refractivity contribution in [3.05, 3.63) is 118 Å². The first-order chi connectivity index (χ1) is 16.5. The number of rotatable bonds is 6. The number of carbonyl (C=O) groups excluding carboxylic acids is 2. The van der Waals surface area contributed by atoms with Crippen LogP contribution >= 0.6 is 0 Å². The second kappa shape index (κ2) is 8.75. The average molecular weight is 449 g/mol. The Morgan fingerprint density at radius 1 is 0.529 bits per heavy atom. The predicted molar refractivity (Wildman–Crippen MR) is 136 cm³/mol. The Morgan fingerprint density at radius 2 is 0.941 bits per heavy atom. The molecule has 0 fully saturated rings. The van der Waals surface area contributed by atoms with E-state index in [4.69, 9.17) is 11.5 Å². The molecule has 0 aromatic heterocycles. The Labute approximate surface area is 197 Å². The minimum atomic E-state index is -0.176. The van der Waals surface area contributed by atoms with Crippen LogP contribution in [0.4, 0.5) is 22.7 Å². The number of carbonyl (C=O) groups is 2. The van der Waals surface area contributed by atoms with E-state index in [1.807, 2.05) is 60.7 Å². The molecule has 1 aliphatic carbocycles. The van der Waals surface area contributed by atoms with Crippen molar-refractivity contribution in [3.8, 4) is 0 Å². The first-order valence-corrected chi connectivity index (χ1v) is 11.0. The first-order valence-electron chi connectivity index (χ1n) is 11.0. The Balaban J connectivity index is 1.46. The van der Waals surface area contributed by atoms with E-state index in [1.54, 1.807) is 24.3 Å². The highest BCUT2D eigenvalue weighted by atomic mass is 16.1. The predicted octanol–water partition coefficient (Wildman–Crippen LogP) is 4.85. The minimum absolute atomic E-state index is 0.156. The van der Waals surface area contributed by atoms with Crippen molar-refractivity contribution in [2.45, 2.75) is 13.1 Å². The summed E-state index contributed by atoms with van der Waals surface area (Å²) in [4.78, 5) is 27.1. The highest BCUT2D eigenvalue weighted by Crippen LogP contribution is 2.35. The van der Waals surface area contributed by atoms with Gasteiger partial charge in [-0.2, -0.15) is 0 Å². The molecule has 4 aromatic rings. The number of ketones is 2. The van der Waals surface area contributed by atoms with Crippen LogP contribution in [0.25, 0.3) is 0 Å². The molecule has 5 rings (SSSR count). The van der Waals surface area contributed by atoms with Crippen LogP contribution in [0.3, 0.4) is 0 Å². The van der Waals surface area contributed by atoms with Gasteiger partial charge in [0.05, 0.1) is 11.1 Å². The molecule has 0 unspecified atom stereocenters. The van der Waals surface area contributed by atoms with Gasteiger partial charge in [0, 0.05) is 47.0 Å². The molecular formula is C28H24N4O2. The van der Waals surface area contributed by atoms with Gasteiger partial charge >= 0.3 is 0 Å². The number of benzene rings is 4. The molecule has 6 N–H and O–H groups in total. The molecule has 0 aliphatic heterocycles. The fourth-order valence-corrected chi connectivity index (χ4v) is 4.20. The summed E-state index contributed by atoms with van der Waals surface area (Å²) in [6.45, 7) is 1.00. The second-order valence-corrected chi connectivity index (χ2v) is 8.30. The number of nitrogens with one attached hydrogen (secondary N) is 2. The number of anilines is 4. The van der Waals surface area contributed by atoms with Gasteiger partial charge in [-0.25, -0.2) is 0 Å². The third-order valence-electron chi connectivity index (χ3n) is 6.00. The maximum atomic E-state index is 13.7. The zero-order chi connectivity index (χ0) is 23.7. The van der Waals surface area contributed by atoms with Crippen LogP contribution in [-0.2, 0) is 13.1 Å². The van der Waals surface area contributed by atoms with Crippen molar-refractivity contribution < 1.29 is 9.59 Å². The van der Waals surface area contributed by atoms with Crippen LogP contribution in [0.5, 0.6) is 0 Å². The number of nitrogen functional groups attached to an aromatic ring is 2. The summed E-state index contributed by atoms with van der Waals surface area (Å²) >= 11 is 0. The number of fused-ring (bicyclic) bond motifs is 2. The summed E-state index contributed by atoms with van der Waals surface area (Å²) in [5.74, 6) is -0.331. The smallest absolute Gasteiger partial charge is 0.198 e. The molecule has 0 saturated heterocycles. The molecule has 0 radical (unpaired) electrons. The Bertz CT molecular complexity index is 1290.